The Morgan fingerprint density at radius 1 is 1.24 bits per heavy atom. The lowest BCUT2D eigenvalue weighted by Gasteiger charge is -2.24. The first-order valence-electron chi connectivity index (χ1n) is 9.52. The molecule has 1 saturated heterocycles. The first kappa shape index (κ1) is 22.3. The third-order valence-corrected chi connectivity index (χ3v) is 6.29. The maximum Gasteiger partial charge on any atom is 0.303 e. The average Bonchev–Trinajstić information content (AvgIpc) is 2.82. The molecule has 0 radical (unpaired) electrons. The summed E-state index contributed by atoms with van der Waals surface area (Å²) in [5, 5.41) is 18.4. The van der Waals surface area contributed by atoms with E-state index >= 15 is 0 Å². The first-order valence-corrected chi connectivity index (χ1v) is 10.9. The van der Waals surface area contributed by atoms with Crippen LogP contribution in [0.3, 0.4) is 0 Å². The van der Waals surface area contributed by atoms with Crippen LogP contribution in [0, 0.1) is 0 Å². The number of rotatable bonds is 14. The molecule has 1 rings (SSSR count). The van der Waals surface area contributed by atoms with E-state index in [1.165, 1.54) is 0 Å². The molecule has 1 aliphatic heterocycles. The molecule has 0 saturated carbocycles. The Labute approximate surface area is 154 Å². The van der Waals surface area contributed by atoms with Crippen molar-refractivity contribution in [2.24, 2.45) is 0 Å². The molecule has 6 nitrogen and oxygen atoms in total. The molecule has 146 valence electrons. The molecule has 1 amide bonds. The summed E-state index contributed by atoms with van der Waals surface area (Å²) in [6.07, 6.45) is 8.15. The van der Waals surface area contributed by atoms with E-state index in [0.717, 1.165) is 44.9 Å². The molecule has 1 heterocycles. The van der Waals surface area contributed by atoms with Crippen LogP contribution in [0.15, 0.2) is 0 Å². The van der Waals surface area contributed by atoms with E-state index in [2.05, 4.69) is 6.92 Å². The Morgan fingerprint density at radius 3 is 2.64 bits per heavy atom. The van der Waals surface area contributed by atoms with Crippen molar-refractivity contribution in [3.8, 4) is 0 Å². The molecule has 0 aromatic rings. The third-order valence-electron chi connectivity index (χ3n) is 4.66. The Kier molecular flexibility index (Phi) is 11.2. The molecule has 2 N–H and O–H groups in total. The summed E-state index contributed by atoms with van der Waals surface area (Å²) in [4.78, 5) is 24.2. The fourth-order valence-electron chi connectivity index (χ4n) is 3.18. The number of hydrogen-bond donors (Lipinski definition) is 2. The minimum atomic E-state index is -1.17. The van der Waals surface area contributed by atoms with Crippen LogP contribution in [0.4, 0.5) is 0 Å². The van der Waals surface area contributed by atoms with E-state index in [0.29, 0.717) is 25.8 Å². The fourth-order valence-corrected chi connectivity index (χ4v) is 4.69. The van der Waals surface area contributed by atoms with Gasteiger partial charge >= 0.3 is 5.97 Å². The van der Waals surface area contributed by atoms with Crippen LogP contribution in [0.25, 0.3) is 0 Å². The Bertz CT molecular complexity index is 407. The number of aliphatic carboxylic acids is 1. The number of carboxylic acids is 1. The number of aliphatic hydroxyl groups is 1. The maximum atomic E-state index is 12.2. The Morgan fingerprint density at radius 2 is 1.96 bits per heavy atom. The minimum Gasteiger partial charge on any atom is -0.614 e. The highest BCUT2D eigenvalue weighted by atomic mass is 32.2. The summed E-state index contributed by atoms with van der Waals surface area (Å²) in [5.41, 5.74) is 0. The van der Waals surface area contributed by atoms with E-state index in [-0.39, 0.29) is 29.6 Å². The number of carbonyl (C=O) groups excluding carboxylic acids is 1. The lowest BCUT2D eigenvalue weighted by Crippen LogP contribution is -2.36. The molecule has 25 heavy (non-hydrogen) atoms. The molecule has 0 bridgehead atoms. The summed E-state index contributed by atoms with van der Waals surface area (Å²) in [7, 11) is 0. The summed E-state index contributed by atoms with van der Waals surface area (Å²) in [6, 6.07) is 0. The molecule has 7 heteroatoms. The van der Waals surface area contributed by atoms with Gasteiger partial charge in [0.1, 0.15) is 0 Å². The Balaban J connectivity index is 2.30. The first-order chi connectivity index (χ1) is 12.0. The Hall–Kier alpha value is -0.790. The molecule has 1 fully saturated rings. The van der Waals surface area contributed by atoms with Gasteiger partial charge in [-0.25, -0.2) is 0 Å². The van der Waals surface area contributed by atoms with Crippen molar-refractivity contribution in [2.75, 3.05) is 12.3 Å². The molecule has 3 atom stereocenters. The topological polar surface area (TPSA) is 101 Å². The van der Waals surface area contributed by atoms with Gasteiger partial charge < -0.3 is 14.8 Å². The molecule has 3 unspecified atom stereocenters. The van der Waals surface area contributed by atoms with E-state index < -0.39 is 17.1 Å². The molecule has 0 spiro atoms. The lowest BCUT2D eigenvalue weighted by molar-refractivity contribution is -0.137. The van der Waals surface area contributed by atoms with Crippen molar-refractivity contribution in [1.29, 1.82) is 0 Å². The van der Waals surface area contributed by atoms with Gasteiger partial charge in [0.2, 0.25) is 0 Å². The van der Waals surface area contributed by atoms with Crippen LogP contribution in [-0.2, 0) is 20.8 Å². The van der Waals surface area contributed by atoms with E-state index in [1.807, 2.05) is 0 Å². The number of amides is 1. The molecule has 0 aliphatic carbocycles. The number of aliphatic hydroxyl groups excluding tert-OH is 1. The summed E-state index contributed by atoms with van der Waals surface area (Å²) in [6.45, 7) is 2.70. The van der Waals surface area contributed by atoms with Crippen LogP contribution in [0.1, 0.15) is 77.6 Å². The largest absolute Gasteiger partial charge is 0.614 e. The second-order valence-electron chi connectivity index (χ2n) is 6.85. The van der Waals surface area contributed by atoms with E-state index in [9.17, 15) is 19.2 Å². The number of nitrogens with zero attached hydrogens (tertiary/aromatic N) is 1. The third kappa shape index (κ3) is 8.92. The minimum absolute atomic E-state index is 0.0608. The van der Waals surface area contributed by atoms with Crippen molar-refractivity contribution in [3.05, 3.63) is 0 Å². The van der Waals surface area contributed by atoms with Crippen LogP contribution in [0.5, 0.6) is 0 Å². The number of hydrogen-bond acceptors (Lipinski definition) is 4. The second kappa shape index (κ2) is 12.5. The molecule has 1 aliphatic rings. The van der Waals surface area contributed by atoms with Gasteiger partial charge in [0, 0.05) is 19.4 Å². The highest BCUT2D eigenvalue weighted by Gasteiger charge is 2.41. The zero-order chi connectivity index (χ0) is 18.7. The monoisotopic (exact) mass is 375 g/mol. The van der Waals surface area contributed by atoms with Crippen molar-refractivity contribution in [2.45, 2.75) is 89.0 Å². The number of unbranched alkanes of at least 4 members (excludes halogenated alkanes) is 5. The number of carboxylic acid groups (broad SMARTS) is 1. The van der Waals surface area contributed by atoms with Gasteiger partial charge in [-0.1, -0.05) is 39.0 Å². The standard InChI is InChI=1S/C18H33NO5S/c1-2-3-6-9-15(20)11-12-17-19(16(21)14-25(17)24)13-8-5-4-7-10-18(22)23/h15,17,20H,2-14H2,1H3,(H,22,23). The second-order valence-corrected chi connectivity index (χ2v) is 8.45. The van der Waals surface area contributed by atoms with Crippen LogP contribution in [0.2, 0.25) is 0 Å². The zero-order valence-electron chi connectivity index (χ0n) is 15.3. The predicted molar refractivity (Wildman–Crippen MR) is 98.6 cm³/mol. The van der Waals surface area contributed by atoms with Crippen molar-refractivity contribution >= 4 is 23.1 Å². The maximum absolute atomic E-state index is 12.2. The zero-order valence-corrected chi connectivity index (χ0v) is 16.1. The summed E-state index contributed by atoms with van der Waals surface area (Å²) < 4.78 is 12.2. The van der Waals surface area contributed by atoms with E-state index in [1.54, 1.807) is 4.90 Å². The highest BCUT2D eigenvalue weighted by molar-refractivity contribution is 7.93. The number of carbonyl (C=O) groups is 2. The summed E-state index contributed by atoms with van der Waals surface area (Å²) in [5.74, 6) is -0.743. The van der Waals surface area contributed by atoms with Crippen molar-refractivity contribution in [1.82, 2.24) is 4.90 Å². The van der Waals surface area contributed by atoms with Gasteiger partial charge in [-0.05, 0) is 36.9 Å². The summed E-state index contributed by atoms with van der Waals surface area (Å²) >= 11 is -1.17. The normalized spacial score (nSPS) is 21.7. The van der Waals surface area contributed by atoms with Crippen molar-refractivity contribution < 1.29 is 24.4 Å². The fraction of sp³-hybridized carbons (Fsp3) is 0.889. The molecule has 0 aromatic carbocycles. The van der Waals surface area contributed by atoms with Gasteiger partial charge in [-0.2, -0.15) is 0 Å². The average molecular weight is 376 g/mol. The van der Waals surface area contributed by atoms with Crippen molar-refractivity contribution in [3.63, 3.8) is 0 Å². The van der Waals surface area contributed by atoms with Gasteiger partial charge in [0.15, 0.2) is 11.1 Å². The molecular formula is C18H33NO5S. The molecule has 0 aromatic heterocycles. The van der Waals surface area contributed by atoms with Crippen LogP contribution in [-0.4, -0.2) is 55.3 Å². The SMILES string of the molecule is CCCCCC(O)CCC1N(CCCCCCC(=O)O)C(=O)C[S+]1[O-]. The van der Waals surface area contributed by atoms with Gasteiger partial charge in [-0.3, -0.25) is 14.5 Å². The quantitative estimate of drug-likeness (QED) is 0.359. The smallest absolute Gasteiger partial charge is 0.303 e. The van der Waals surface area contributed by atoms with Crippen LogP contribution < -0.4 is 0 Å². The predicted octanol–water partition coefficient (Wildman–Crippen LogP) is 2.66. The van der Waals surface area contributed by atoms with Crippen LogP contribution >= 0.6 is 0 Å². The van der Waals surface area contributed by atoms with Gasteiger partial charge in [-0.15, -0.1) is 0 Å². The molecular weight excluding hydrogens is 342 g/mol. The van der Waals surface area contributed by atoms with Gasteiger partial charge in [0.25, 0.3) is 5.91 Å². The van der Waals surface area contributed by atoms with Gasteiger partial charge in [0.05, 0.1) is 6.10 Å². The lowest BCUT2D eigenvalue weighted by atomic mass is 10.1. The van der Waals surface area contributed by atoms with E-state index in [4.69, 9.17) is 5.11 Å². The highest BCUT2D eigenvalue weighted by Crippen LogP contribution is 2.25.